The molecule has 0 aliphatic heterocycles. The molecule has 0 fully saturated rings. The van der Waals surface area contributed by atoms with Crippen LogP contribution in [0.5, 0.6) is 0 Å². The minimum Gasteiger partial charge on any atom is -0.481 e. The van der Waals surface area contributed by atoms with E-state index in [9.17, 15) is 9.90 Å². The smallest absolute Gasteiger partial charge is 0.313 e. The van der Waals surface area contributed by atoms with E-state index < -0.39 is 11.4 Å². The third-order valence-electron chi connectivity index (χ3n) is 3.41. The molecular weight excluding hydrogens is 200 g/mol. The number of hydrogen-bond acceptors (Lipinski definition) is 1. The van der Waals surface area contributed by atoms with Crippen LogP contribution in [-0.2, 0) is 10.2 Å². The zero-order valence-electron chi connectivity index (χ0n) is 10.7. The summed E-state index contributed by atoms with van der Waals surface area (Å²) in [6, 6.07) is 4.11. The number of carboxylic acid groups (broad SMARTS) is 1. The van der Waals surface area contributed by atoms with E-state index in [0.717, 1.165) is 16.7 Å². The van der Waals surface area contributed by atoms with E-state index in [0.29, 0.717) is 6.42 Å². The molecule has 0 bridgehead atoms. The van der Waals surface area contributed by atoms with Gasteiger partial charge in [0.15, 0.2) is 0 Å². The molecule has 0 aliphatic carbocycles. The van der Waals surface area contributed by atoms with Gasteiger partial charge in [0.25, 0.3) is 0 Å². The van der Waals surface area contributed by atoms with Crippen molar-refractivity contribution in [1.82, 2.24) is 0 Å². The summed E-state index contributed by atoms with van der Waals surface area (Å²) in [5.74, 6) is -0.745. The Labute approximate surface area is 97.3 Å². The Morgan fingerprint density at radius 1 is 1.25 bits per heavy atom. The molecule has 1 atom stereocenters. The Morgan fingerprint density at radius 3 is 2.00 bits per heavy atom. The van der Waals surface area contributed by atoms with Crippen molar-refractivity contribution in [1.29, 1.82) is 0 Å². The van der Waals surface area contributed by atoms with Gasteiger partial charge in [-0.25, -0.2) is 0 Å². The number of aliphatic carboxylic acids is 1. The van der Waals surface area contributed by atoms with Crippen molar-refractivity contribution < 1.29 is 9.90 Å². The number of aryl methyl sites for hydroxylation is 3. The number of carboxylic acids is 1. The Morgan fingerprint density at radius 2 is 1.69 bits per heavy atom. The maximum atomic E-state index is 11.4. The van der Waals surface area contributed by atoms with Crippen LogP contribution >= 0.6 is 0 Å². The van der Waals surface area contributed by atoms with E-state index in [2.05, 4.69) is 12.1 Å². The number of hydrogen-bond donors (Lipinski definition) is 1. The summed E-state index contributed by atoms with van der Waals surface area (Å²) in [4.78, 5) is 11.4. The lowest BCUT2D eigenvalue weighted by Gasteiger charge is -2.28. The molecule has 0 aromatic heterocycles. The van der Waals surface area contributed by atoms with Gasteiger partial charge < -0.3 is 5.11 Å². The lowest BCUT2D eigenvalue weighted by atomic mass is 9.75. The molecule has 0 saturated carbocycles. The van der Waals surface area contributed by atoms with E-state index in [1.165, 1.54) is 5.56 Å². The molecule has 1 aromatic carbocycles. The van der Waals surface area contributed by atoms with Crippen LogP contribution in [-0.4, -0.2) is 11.1 Å². The Hall–Kier alpha value is -1.31. The van der Waals surface area contributed by atoms with E-state index >= 15 is 0 Å². The molecule has 0 aliphatic rings. The number of rotatable bonds is 3. The van der Waals surface area contributed by atoms with Gasteiger partial charge in [-0.1, -0.05) is 24.6 Å². The molecule has 0 spiro atoms. The summed E-state index contributed by atoms with van der Waals surface area (Å²) in [6.45, 7) is 9.75. The van der Waals surface area contributed by atoms with Gasteiger partial charge in [-0.15, -0.1) is 0 Å². The third-order valence-corrected chi connectivity index (χ3v) is 3.41. The van der Waals surface area contributed by atoms with E-state index in [1.807, 2.05) is 27.7 Å². The van der Waals surface area contributed by atoms with Crippen LogP contribution in [0, 0.1) is 20.8 Å². The molecule has 1 rings (SSSR count). The fourth-order valence-corrected chi connectivity index (χ4v) is 2.49. The van der Waals surface area contributed by atoms with E-state index in [1.54, 1.807) is 6.92 Å². The van der Waals surface area contributed by atoms with Crippen LogP contribution in [0.15, 0.2) is 12.1 Å². The predicted molar refractivity (Wildman–Crippen MR) is 65.9 cm³/mol. The molecule has 2 heteroatoms. The second kappa shape index (κ2) is 4.28. The first kappa shape index (κ1) is 12.8. The predicted octanol–water partition coefficient (Wildman–Crippen LogP) is 3.36. The fourth-order valence-electron chi connectivity index (χ4n) is 2.49. The zero-order valence-corrected chi connectivity index (χ0v) is 10.7. The highest BCUT2D eigenvalue weighted by Gasteiger charge is 2.35. The fraction of sp³-hybridized carbons (Fsp3) is 0.500. The summed E-state index contributed by atoms with van der Waals surface area (Å²) in [7, 11) is 0. The van der Waals surface area contributed by atoms with Gasteiger partial charge in [-0.3, -0.25) is 4.79 Å². The molecule has 0 saturated heterocycles. The lowest BCUT2D eigenvalue weighted by molar-refractivity contribution is -0.143. The topological polar surface area (TPSA) is 37.3 Å². The Kier molecular flexibility index (Phi) is 3.41. The first-order valence-electron chi connectivity index (χ1n) is 5.64. The molecule has 16 heavy (non-hydrogen) atoms. The van der Waals surface area contributed by atoms with Crippen molar-refractivity contribution >= 4 is 5.97 Å². The molecule has 1 aromatic rings. The van der Waals surface area contributed by atoms with Crippen molar-refractivity contribution in [2.24, 2.45) is 0 Å². The Bertz CT molecular complexity index is 398. The highest BCUT2D eigenvalue weighted by Crippen LogP contribution is 2.33. The summed E-state index contributed by atoms with van der Waals surface area (Å²) < 4.78 is 0. The quantitative estimate of drug-likeness (QED) is 0.848. The SMILES string of the molecule is CCC(C)(C(=O)O)c1c(C)cc(C)cc1C. The number of carbonyl (C=O) groups is 1. The van der Waals surface area contributed by atoms with Gasteiger partial charge in [0.2, 0.25) is 0 Å². The standard InChI is InChI=1S/C14H20O2/c1-6-14(5,13(15)16)12-10(3)7-9(2)8-11(12)4/h7-8H,6H2,1-5H3,(H,15,16). The molecule has 88 valence electrons. The van der Waals surface area contributed by atoms with Gasteiger partial charge in [-0.2, -0.15) is 0 Å². The molecule has 2 nitrogen and oxygen atoms in total. The molecule has 0 amide bonds. The van der Waals surface area contributed by atoms with Crippen molar-refractivity contribution in [3.63, 3.8) is 0 Å². The zero-order chi connectivity index (χ0) is 12.5. The second-order valence-corrected chi connectivity index (χ2v) is 4.76. The van der Waals surface area contributed by atoms with Crippen molar-refractivity contribution in [2.45, 2.75) is 46.5 Å². The third kappa shape index (κ3) is 1.97. The average Bonchev–Trinajstić information content (AvgIpc) is 2.15. The van der Waals surface area contributed by atoms with Crippen molar-refractivity contribution in [3.05, 3.63) is 34.4 Å². The van der Waals surface area contributed by atoms with Gasteiger partial charge in [0, 0.05) is 0 Å². The maximum Gasteiger partial charge on any atom is 0.313 e. The summed E-state index contributed by atoms with van der Waals surface area (Å²) >= 11 is 0. The minimum atomic E-state index is -0.776. The van der Waals surface area contributed by atoms with Crippen LogP contribution in [0.3, 0.4) is 0 Å². The number of benzene rings is 1. The molecular formula is C14H20O2. The van der Waals surface area contributed by atoms with Crippen LogP contribution in [0.4, 0.5) is 0 Å². The van der Waals surface area contributed by atoms with Gasteiger partial charge >= 0.3 is 5.97 Å². The first-order valence-corrected chi connectivity index (χ1v) is 5.64. The first-order chi connectivity index (χ1) is 7.32. The molecule has 1 unspecified atom stereocenters. The average molecular weight is 220 g/mol. The normalized spacial score (nSPS) is 14.6. The van der Waals surface area contributed by atoms with Gasteiger partial charge in [0.05, 0.1) is 5.41 Å². The summed E-state index contributed by atoms with van der Waals surface area (Å²) in [6.07, 6.45) is 0.604. The largest absolute Gasteiger partial charge is 0.481 e. The van der Waals surface area contributed by atoms with Gasteiger partial charge in [0.1, 0.15) is 0 Å². The van der Waals surface area contributed by atoms with E-state index in [4.69, 9.17) is 0 Å². The lowest BCUT2D eigenvalue weighted by Crippen LogP contribution is -2.33. The summed E-state index contributed by atoms with van der Waals surface area (Å²) in [5.41, 5.74) is 3.52. The van der Waals surface area contributed by atoms with Gasteiger partial charge in [-0.05, 0) is 50.8 Å². The van der Waals surface area contributed by atoms with E-state index in [-0.39, 0.29) is 0 Å². The van der Waals surface area contributed by atoms with Crippen LogP contribution in [0.1, 0.15) is 42.5 Å². The second-order valence-electron chi connectivity index (χ2n) is 4.76. The minimum absolute atomic E-state index is 0.604. The molecule has 1 N–H and O–H groups in total. The van der Waals surface area contributed by atoms with Crippen molar-refractivity contribution in [3.8, 4) is 0 Å². The van der Waals surface area contributed by atoms with Crippen LogP contribution in [0.2, 0.25) is 0 Å². The summed E-state index contributed by atoms with van der Waals surface area (Å²) in [5, 5.41) is 9.40. The monoisotopic (exact) mass is 220 g/mol. The molecule has 0 heterocycles. The van der Waals surface area contributed by atoms with Crippen LogP contribution in [0.25, 0.3) is 0 Å². The highest BCUT2D eigenvalue weighted by atomic mass is 16.4. The van der Waals surface area contributed by atoms with Crippen molar-refractivity contribution in [2.75, 3.05) is 0 Å². The maximum absolute atomic E-state index is 11.4. The molecule has 0 radical (unpaired) electrons. The highest BCUT2D eigenvalue weighted by molar-refractivity contribution is 5.82. The van der Waals surface area contributed by atoms with Crippen LogP contribution < -0.4 is 0 Å². The Balaban J connectivity index is 3.48.